The molecular weight excluding hydrogens is 306 g/mol. The Morgan fingerprint density at radius 3 is 2.67 bits per heavy atom. The molecule has 0 aliphatic carbocycles. The van der Waals surface area contributed by atoms with Crippen LogP contribution in [0.2, 0.25) is 0 Å². The molecule has 1 fully saturated rings. The van der Waals surface area contributed by atoms with Gasteiger partial charge in [-0.3, -0.25) is 4.90 Å². The minimum atomic E-state index is -0.960. The quantitative estimate of drug-likeness (QED) is 0.841. The zero-order valence-corrected chi connectivity index (χ0v) is 13.9. The van der Waals surface area contributed by atoms with Crippen molar-refractivity contribution in [2.45, 2.75) is 25.8 Å². The second-order valence-electron chi connectivity index (χ2n) is 6.79. The minimum Gasteiger partial charge on any atom is -0.482 e. The van der Waals surface area contributed by atoms with Crippen LogP contribution in [0, 0.1) is 5.41 Å². The molecule has 1 N–H and O–H groups in total. The van der Waals surface area contributed by atoms with Crippen molar-refractivity contribution < 1.29 is 19.4 Å². The van der Waals surface area contributed by atoms with Crippen molar-refractivity contribution in [3.63, 3.8) is 0 Å². The second-order valence-corrected chi connectivity index (χ2v) is 6.79. The number of rotatable bonds is 5. The van der Waals surface area contributed by atoms with Crippen LogP contribution in [0.3, 0.4) is 0 Å². The maximum atomic E-state index is 10.5. The van der Waals surface area contributed by atoms with Crippen LogP contribution in [-0.4, -0.2) is 48.9 Å². The molecule has 1 aromatic rings. The van der Waals surface area contributed by atoms with Gasteiger partial charge in [0.05, 0.1) is 13.2 Å². The molecule has 3 rings (SSSR count). The highest BCUT2D eigenvalue weighted by Crippen LogP contribution is 2.37. The summed E-state index contributed by atoms with van der Waals surface area (Å²) in [5.74, 6) is -0.361. The van der Waals surface area contributed by atoms with Gasteiger partial charge in [0.2, 0.25) is 0 Å². The Balaban J connectivity index is 1.49. The maximum absolute atomic E-state index is 10.5. The molecule has 24 heavy (non-hydrogen) atoms. The Labute approximate surface area is 142 Å². The molecular formula is C19H25NO4. The number of nitrogens with zero attached hydrogens (tertiary/aromatic N) is 1. The molecule has 5 nitrogen and oxygen atoms in total. The van der Waals surface area contributed by atoms with Crippen molar-refractivity contribution in [1.82, 2.24) is 4.90 Å². The largest absolute Gasteiger partial charge is 0.482 e. The predicted octanol–water partition coefficient (Wildman–Crippen LogP) is 2.71. The summed E-state index contributed by atoms with van der Waals surface area (Å²) < 4.78 is 10.9. The Kier molecular flexibility index (Phi) is 5.53. The van der Waals surface area contributed by atoms with Gasteiger partial charge in [-0.1, -0.05) is 24.3 Å². The van der Waals surface area contributed by atoms with Gasteiger partial charge in [-0.15, -0.1) is 0 Å². The predicted molar refractivity (Wildman–Crippen MR) is 91.1 cm³/mol. The zero-order chi connectivity index (χ0) is 16.8. The van der Waals surface area contributed by atoms with E-state index in [1.165, 1.54) is 18.4 Å². The Morgan fingerprint density at radius 2 is 1.96 bits per heavy atom. The van der Waals surface area contributed by atoms with Crippen molar-refractivity contribution in [3.05, 3.63) is 42.0 Å². The average Bonchev–Trinajstić information content (AvgIpc) is 2.82. The van der Waals surface area contributed by atoms with Crippen LogP contribution in [0.4, 0.5) is 0 Å². The van der Waals surface area contributed by atoms with Crippen molar-refractivity contribution in [3.8, 4) is 5.75 Å². The first-order chi connectivity index (χ1) is 11.7. The first-order valence-corrected chi connectivity index (χ1v) is 8.54. The van der Waals surface area contributed by atoms with Gasteiger partial charge in [0.15, 0.2) is 6.61 Å². The van der Waals surface area contributed by atoms with Crippen LogP contribution in [-0.2, 0) is 16.1 Å². The summed E-state index contributed by atoms with van der Waals surface area (Å²) in [5, 5.41) is 8.62. The van der Waals surface area contributed by atoms with E-state index in [4.69, 9.17) is 14.6 Å². The summed E-state index contributed by atoms with van der Waals surface area (Å²) in [5.41, 5.74) is 1.56. The number of hydrogen-bond donors (Lipinski definition) is 1. The normalized spacial score (nSPS) is 20.7. The van der Waals surface area contributed by atoms with Gasteiger partial charge in [-0.05, 0) is 55.5 Å². The molecule has 0 amide bonds. The van der Waals surface area contributed by atoms with E-state index in [1.807, 2.05) is 24.3 Å². The lowest BCUT2D eigenvalue weighted by atomic mass is 9.76. The summed E-state index contributed by atoms with van der Waals surface area (Å²) in [7, 11) is 0. The fourth-order valence-corrected chi connectivity index (χ4v) is 3.43. The maximum Gasteiger partial charge on any atom is 0.341 e. The Bertz CT molecular complexity index is 574. The summed E-state index contributed by atoms with van der Waals surface area (Å²) in [6.07, 6.45) is 7.90. The highest BCUT2D eigenvalue weighted by atomic mass is 16.5. The minimum absolute atomic E-state index is 0.302. The third-order valence-electron chi connectivity index (χ3n) is 4.95. The molecule has 0 bridgehead atoms. The second kappa shape index (κ2) is 7.81. The molecule has 1 aromatic carbocycles. The first-order valence-electron chi connectivity index (χ1n) is 8.54. The number of allylic oxidation sites excluding steroid dienone is 1. The number of benzene rings is 1. The topological polar surface area (TPSA) is 59.0 Å². The van der Waals surface area contributed by atoms with Crippen molar-refractivity contribution in [1.29, 1.82) is 0 Å². The molecule has 1 spiro atoms. The van der Waals surface area contributed by atoms with Crippen LogP contribution in [0.5, 0.6) is 5.75 Å². The molecule has 5 heteroatoms. The van der Waals surface area contributed by atoms with Crippen LogP contribution in [0.1, 0.15) is 24.8 Å². The van der Waals surface area contributed by atoms with Crippen LogP contribution in [0.15, 0.2) is 36.4 Å². The first kappa shape index (κ1) is 17.0. The van der Waals surface area contributed by atoms with Gasteiger partial charge in [-0.25, -0.2) is 4.79 Å². The van der Waals surface area contributed by atoms with Crippen molar-refractivity contribution in [2.24, 2.45) is 5.41 Å². The molecule has 0 atom stereocenters. The average molecular weight is 331 g/mol. The molecule has 130 valence electrons. The van der Waals surface area contributed by atoms with E-state index in [9.17, 15) is 4.79 Å². The highest BCUT2D eigenvalue weighted by molar-refractivity contribution is 5.68. The van der Waals surface area contributed by atoms with Gasteiger partial charge in [-0.2, -0.15) is 0 Å². The Morgan fingerprint density at radius 1 is 1.21 bits per heavy atom. The number of aliphatic carboxylic acids is 1. The highest BCUT2D eigenvalue weighted by Gasteiger charge is 2.34. The molecule has 2 heterocycles. The van der Waals surface area contributed by atoms with E-state index in [2.05, 4.69) is 17.1 Å². The number of ether oxygens (including phenoxy) is 2. The van der Waals surface area contributed by atoms with Gasteiger partial charge < -0.3 is 14.6 Å². The molecule has 1 saturated heterocycles. The van der Waals surface area contributed by atoms with Crippen LogP contribution in [0.25, 0.3) is 0 Å². The molecule has 0 saturated carbocycles. The molecule has 2 aliphatic rings. The third kappa shape index (κ3) is 4.58. The molecule has 0 radical (unpaired) electrons. The van der Waals surface area contributed by atoms with Crippen LogP contribution < -0.4 is 4.74 Å². The number of hydrogen-bond acceptors (Lipinski definition) is 4. The third-order valence-corrected chi connectivity index (χ3v) is 4.95. The summed E-state index contributed by atoms with van der Waals surface area (Å²) in [4.78, 5) is 13.0. The molecule has 2 aliphatic heterocycles. The summed E-state index contributed by atoms with van der Waals surface area (Å²) in [6.45, 7) is 4.43. The molecule has 0 unspecified atom stereocenters. The lowest BCUT2D eigenvalue weighted by molar-refractivity contribution is -0.139. The van der Waals surface area contributed by atoms with Gasteiger partial charge >= 0.3 is 5.97 Å². The number of likely N-dealkylation sites (tertiary alicyclic amines) is 1. The van der Waals surface area contributed by atoms with Crippen LogP contribution >= 0.6 is 0 Å². The number of carboxylic acids is 1. The SMILES string of the molecule is O=C(O)COc1ccc(CN2CCC3(CC=CCOC3)CC2)cc1. The Hall–Kier alpha value is -1.85. The van der Waals surface area contributed by atoms with Crippen molar-refractivity contribution >= 4 is 5.97 Å². The number of carbonyl (C=O) groups is 1. The zero-order valence-electron chi connectivity index (χ0n) is 13.9. The summed E-state index contributed by atoms with van der Waals surface area (Å²) >= 11 is 0. The fourth-order valence-electron chi connectivity index (χ4n) is 3.43. The van der Waals surface area contributed by atoms with Gasteiger partial charge in [0.1, 0.15) is 5.75 Å². The van der Waals surface area contributed by atoms with E-state index in [-0.39, 0.29) is 6.61 Å². The smallest absolute Gasteiger partial charge is 0.341 e. The lowest BCUT2D eigenvalue weighted by Crippen LogP contribution is -2.41. The van der Waals surface area contributed by atoms with E-state index < -0.39 is 5.97 Å². The van der Waals surface area contributed by atoms with E-state index in [0.717, 1.165) is 39.3 Å². The summed E-state index contributed by atoms with van der Waals surface area (Å²) in [6, 6.07) is 7.71. The molecule has 0 aromatic heterocycles. The van der Waals surface area contributed by atoms with Gasteiger partial charge in [0.25, 0.3) is 0 Å². The number of carboxylic acid groups (broad SMARTS) is 1. The fraction of sp³-hybridized carbons (Fsp3) is 0.526. The van der Waals surface area contributed by atoms with E-state index >= 15 is 0 Å². The standard InChI is InChI=1S/C19H25NO4/c21-18(22)14-24-17-5-3-16(4-6-17)13-20-10-8-19(9-11-20)7-1-2-12-23-15-19/h1-6H,7-15H2,(H,21,22). The monoisotopic (exact) mass is 331 g/mol. The van der Waals surface area contributed by atoms with E-state index in [0.29, 0.717) is 11.2 Å². The lowest BCUT2D eigenvalue weighted by Gasteiger charge is -2.40. The van der Waals surface area contributed by atoms with E-state index in [1.54, 1.807) is 0 Å². The van der Waals surface area contributed by atoms with Gasteiger partial charge in [0, 0.05) is 6.54 Å². The number of piperidine rings is 1. The van der Waals surface area contributed by atoms with Crippen molar-refractivity contribution in [2.75, 3.05) is 32.9 Å².